The molecule has 3 fully saturated rings. The minimum absolute atomic E-state index is 0.136. The zero-order chi connectivity index (χ0) is 27.7. The number of aromatic carboxylic acids is 1. The molecule has 40 heavy (non-hydrogen) atoms. The molecule has 208 valence electrons. The number of carboxylic acid groups (broad SMARTS) is 1. The molecule has 3 aliphatic rings. The van der Waals surface area contributed by atoms with E-state index >= 15 is 0 Å². The molecule has 1 N–H and O–H groups in total. The maximum absolute atomic E-state index is 11.7. The third-order valence-corrected chi connectivity index (χ3v) is 10.2. The molecule has 0 amide bonds. The number of carboxylic acids is 1. The van der Waals surface area contributed by atoms with Crippen molar-refractivity contribution < 1.29 is 19.2 Å². The van der Waals surface area contributed by atoms with E-state index in [1.807, 2.05) is 18.2 Å². The molecule has 10 heteroatoms. The molecule has 2 bridgehead atoms. The van der Waals surface area contributed by atoms with E-state index in [4.69, 9.17) is 37.4 Å². The number of rotatable bonds is 8. The maximum Gasteiger partial charge on any atom is 0.335 e. The molecule has 2 saturated carbocycles. The highest BCUT2D eigenvalue weighted by Gasteiger charge is 2.46. The van der Waals surface area contributed by atoms with Crippen LogP contribution >= 0.6 is 34.5 Å². The number of piperidine rings is 1. The number of aromatic nitrogens is 2. The zero-order valence-electron chi connectivity index (χ0n) is 22.2. The van der Waals surface area contributed by atoms with Crippen LogP contribution in [0.4, 0.5) is 5.13 Å². The van der Waals surface area contributed by atoms with E-state index < -0.39 is 5.97 Å². The van der Waals surface area contributed by atoms with Crippen LogP contribution in [0.5, 0.6) is 0 Å². The van der Waals surface area contributed by atoms with Gasteiger partial charge in [-0.05, 0) is 61.4 Å². The van der Waals surface area contributed by atoms with Gasteiger partial charge in [0.25, 0.3) is 0 Å². The molecule has 3 atom stereocenters. The Balaban J connectivity index is 1.10. The number of ether oxygens (including phenoxy) is 1. The second kappa shape index (κ2) is 10.0. The van der Waals surface area contributed by atoms with Gasteiger partial charge in [0.2, 0.25) is 0 Å². The van der Waals surface area contributed by atoms with Crippen molar-refractivity contribution in [2.75, 3.05) is 11.4 Å². The Morgan fingerprint density at radius 1 is 1.23 bits per heavy atom. The number of thiazole rings is 1. The van der Waals surface area contributed by atoms with Crippen molar-refractivity contribution >= 4 is 55.9 Å². The fourth-order valence-electron chi connectivity index (χ4n) is 6.31. The Bertz CT molecular complexity index is 1610. The number of halogens is 2. The fraction of sp³-hybridized carbons (Fsp3) is 0.433. The van der Waals surface area contributed by atoms with E-state index in [9.17, 15) is 9.90 Å². The van der Waals surface area contributed by atoms with Crippen LogP contribution in [-0.2, 0) is 11.3 Å². The largest absolute Gasteiger partial charge is 0.478 e. The molecule has 1 saturated heterocycles. The molecular formula is C30H29Cl2N3O4S. The summed E-state index contributed by atoms with van der Waals surface area (Å²) in [5.41, 5.74) is 4.55. The summed E-state index contributed by atoms with van der Waals surface area (Å²) in [5, 5.41) is 16.1. The quantitative estimate of drug-likeness (QED) is 0.219. The predicted molar refractivity (Wildman–Crippen MR) is 157 cm³/mol. The van der Waals surface area contributed by atoms with Crippen molar-refractivity contribution in [1.29, 1.82) is 0 Å². The van der Waals surface area contributed by atoms with Gasteiger partial charge in [-0.1, -0.05) is 59.6 Å². The van der Waals surface area contributed by atoms with Crippen LogP contribution in [0.15, 0.2) is 34.9 Å². The summed E-state index contributed by atoms with van der Waals surface area (Å²) in [6, 6.07) is 9.33. The van der Waals surface area contributed by atoms with Crippen molar-refractivity contribution in [1.82, 2.24) is 10.1 Å². The van der Waals surface area contributed by atoms with Crippen LogP contribution < -0.4 is 4.90 Å². The average molecular weight is 599 g/mol. The molecule has 0 radical (unpaired) electrons. The van der Waals surface area contributed by atoms with Gasteiger partial charge in [0, 0.05) is 35.5 Å². The van der Waals surface area contributed by atoms with Gasteiger partial charge in [-0.25, -0.2) is 9.78 Å². The van der Waals surface area contributed by atoms with Crippen LogP contribution in [0.25, 0.3) is 21.5 Å². The topological polar surface area (TPSA) is 88.7 Å². The van der Waals surface area contributed by atoms with Crippen molar-refractivity contribution in [3.05, 3.63) is 62.8 Å². The van der Waals surface area contributed by atoms with Gasteiger partial charge in [-0.2, -0.15) is 0 Å². The number of nitrogens with zero attached hydrogens (tertiary/aromatic N) is 3. The average Bonchev–Trinajstić information content (AvgIpc) is 3.25. The number of benzene rings is 2. The monoisotopic (exact) mass is 597 g/mol. The Hall–Kier alpha value is -2.65. The lowest BCUT2D eigenvalue weighted by Gasteiger charge is -2.31. The normalized spacial score (nSPS) is 22.2. The molecule has 4 aromatic rings. The van der Waals surface area contributed by atoms with E-state index in [1.165, 1.54) is 0 Å². The van der Waals surface area contributed by atoms with Gasteiger partial charge in [0.1, 0.15) is 11.5 Å². The molecule has 0 unspecified atom stereocenters. The Morgan fingerprint density at radius 2 is 2.00 bits per heavy atom. The maximum atomic E-state index is 11.7. The molecule has 2 aliphatic carbocycles. The summed E-state index contributed by atoms with van der Waals surface area (Å²) in [4.78, 5) is 19.1. The number of fused-ring (bicyclic) bond motifs is 3. The third-order valence-electron chi connectivity index (χ3n) is 8.51. The van der Waals surface area contributed by atoms with Crippen molar-refractivity contribution in [2.24, 2.45) is 5.92 Å². The minimum atomic E-state index is -0.906. The molecule has 7 rings (SSSR count). The lowest BCUT2D eigenvalue weighted by atomic mass is 9.99. The summed E-state index contributed by atoms with van der Waals surface area (Å²) in [6.45, 7) is 5.44. The standard InChI is InChI=1S/C30H29Cl2N3O4S/c1-14(2)19-9-16(29(36)37)10-24-26(19)33-30(40-24)35-12-17-8-18(35)11-23(17)38-13-20-27(34-39-28(20)15-6-7-15)25-21(31)4-3-5-22(25)32/h3-5,9-10,14-15,17-18,23H,6-8,11-13H2,1-2H3,(H,36,37)/t17-,18-,23+/m0/s1. The van der Waals surface area contributed by atoms with Gasteiger partial charge in [0.05, 0.1) is 38.5 Å². The molecule has 7 nitrogen and oxygen atoms in total. The summed E-state index contributed by atoms with van der Waals surface area (Å²) in [6.07, 6.45) is 4.30. The first-order valence-corrected chi connectivity index (χ1v) is 15.3. The highest BCUT2D eigenvalue weighted by Crippen LogP contribution is 2.48. The molecule has 0 spiro atoms. The van der Waals surface area contributed by atoms with Gasteiger partial charge >= 0.3 is 5.97 Å². The number of anilines is 1. The summed E-state index contributed by atoms with van der Waals surface area (Å²) < 4.78 is 13.3. The third kappa shape index (κ3) is 4.49. The van der Waals surface area contributed by atoms with Crippen LogP contribution in [0.3, 0.4) is 0 Å². The zero-order valence-corrected chi connectivity index (χ0v) is 24.5. The lowest BCUT2D eigenvalue weighted by molar-refractivity contribution is 0.0122. The molecule has 3 heterocycles. The second-order valence-corrected chi connectivity index (χ2v) is 13.3. The number of hydrogen-bond donors (Lipinski definition) is 1. The van der Waals surface area contributed by atoms with Crippen LogP contribution in [0.1, 0.15) is 78.6 Å². The first-order chi connectivity index (χ1) is 19.3. The molecule has 2 aromatic heterocycles. The van der Waals surface area contributed by atoms with E-state index in [0.29, 0.717) is 51.4 Å². The van der Waals surface area contributed by atoms with E-state index in [-0.39, 0.29) is 12.0 Å². The van der Waals surface area contributed by atoms with E-state index in [2.05, 4.69) is 23.9 Å². The van der Waals surface area contributed by atoms with Crippen molar-refractivity contribution in [3.63, 3.8) is 0 Å². The smallest absolute Gasteiger partial charge is 0.335 e. The van der Waals surface area contributed by atoms with Crippen molar-refractivity contribution in [2.45, 2.75) is 70.1 Å². The fourth-order valence-corrected chi connectivity index (χ4v) is 8.01. The number of carbonyl (C=O) groups is 1. The Kier molecular flexibility index (Phi) is 6.57. The van der Waals surface area contributed by atoms with Gasteiger partial charge in [-0.15, -0.1) is 0 Å². The lowest BCUT2D eigenvalue weighted by Crippen LogP contribution is -2.38. The highest BCUT2D eigenvalue weighted by molar-refractivity contribution is 7.22. The van der Waals surface area contributed by atoms with E-state index in [0.717, 1.165) is 64.5 Å². The van der Waals surface area contributed by atoms with Gasteiger partial charge in [0.15, 0.2) is 5.13 Å². The summed E-state index contributed by atoms with van der Waals surface area (Å²) in [5.74, 6) is 0.956. The number of hydrogen-bond acceptors (Lipinski definition) is 7. The SMILES string of the molecule is CC(C)c1cc(C(=O)O)cc2sc(N3C[C@@H]4C[C@H]3C[C@H]4OCc3c(-c4c(Cl)cccc4Cl)noc3C3CC3)nc12. The second-order valence-electron chi connectivity index (χ2n) is 11.5. The highest BCUT2D eigenvalue weighted by atomic mass is 35.5. The minimum Gasteiger partial charge on any atom is -0.478 e. The van der Waals surface area contributed by atoms with Crippen LogP contribution in [-0.4, -0.2) is 39.9 Å². The first kappa shape index (κ1) is 26.3. The molecule has 1 aliphatic heterocycles. The Morgan fingerprint density at radius 3 is 2.65 bits per heavy atom. The molecular weight excluding hydrogens is 569 g/mol. The van der Waals surface area contributed by atoms with Crippen molar-refractivity contribution in [3.8, 4) is 11.3 Å². The molecule has 2 aromatic carbocycles. The first-order valence-electron chi connectivity index (χ1n) is 13.8. The summed E-state index contributed by atoms with van der Waals surface area (Å²) >= 11 is 14.6. The Labute approximate surface area is 246 Å². The van der Waals surface area contributed by atoms with E-state index in [1.54, 1.807) is 23.5 Å². The van der Waals surface area contributed by atoms with Crippen LogP contribution in [0.2, 0.25) is 10.0 Å². The summed E-state index contributed by atoms with van der Waals surface area (Å²) in [7, 11) is 0. The van der Waals surface area contributed by atoms with Gasteiger partial charge < -0.3 is 19.3 Å². The van der Waals surface area contributed by atoms with Gasteiger partial charge in [-0.3, -0.25) is 0 Å². The van der Waals surface area contributed by atoms with Crippen LogP contribution in [0, 0.1) is 5.92 Å². The predicted octanol–water partition coefficient (Wildman–Crippen LogP) is 8.14.